The molecule has 6 heteroatoms. The van der Waals surface area contributed by atoms with Gasteiger partial charge in [-0.1, -0.05) is 6.92 Å². The molecule has 1 aliphatic heterocycles. The van der Waals surface area contributed by atoms with E-state index in [9.17, 15) is 9.59 Å². The Morgan fingerprint density at radius 2 is 2.17 bits per heavy atom. The molecule has 0 aromatic carbocycles. The summed E-state index contributed by atoms with van der Waals surface area (Å²) in [6.45, 7) is 2.64. The van der Waals surface area contributed by atoms with Crippen LogP contribution in [0.25, 0.3) is 0 Å². The number of hydrogen-bond acceptors (Lipinski definition) is 3. The quantitative estimate of drug-likeness (QED) is 0.723. The van der Waals surface area contributed by atoms with Gasteiger partial charge in [0.05, 0.1) is 11.7 Å². The minimum atomic E-state index is -0.892. The van der Waals surface area contributed by atoms with E-state index in [0.29, 0.717) is 12.5 Å². The molecule has 0 spiro atoms. The van der Waals surface area contributed by atoms with Crippen molar-refractivity contribution in [2.75, 3.05) is 6.54 Å². The normalized spacial score (nSPS) is 24.0. The Balaban J connectivity index is 2.29. The summed E-state index contributed by atoms with van der Waals surface area (Å²) >= 11 is 0. The van der Waals surface area contributed by atoms with Gasteiger partial charge in [0, 0.05) is 19.8 Å². The van der Waals surface area contributed by atoms with Crippen molar-refractivity contribution in [2.45, 2.75) is 25.8 Å². The molecule has 2 N–H and O–H groups in total. The molecule has 0 aliphatic carbocycles. The molecule has 2 heterocycles. The molecule has 6 nitrogen and oxygen atoms in total. The molecule has 1 aliphatic rings. The highest BCUT2D eigenvalue weighted by Gasteiger charge is 2.34. The number of hydrogen-bond donors (Lipinski definition) is 1. The largest absolute Gasteiger partial charge is 0.361 e. The maximum absolute atomic E-state index is 11.9. The molecule has 2 unspecified atom stereocenters. The van der Waals surface area contributed by atoms with Crippen molar-refractivity contribution in [3.05, 3.63) is 18.0 Å². The van der Waals surface area contributed by atoms with E-state index in [4.69, 9.17) is 5.73 Å². The first-order valence-electron chi connectivity index (χ1n) is 6.09. The predicted molar refractivity (Wildman–Crippen MR) is 65.3 cm³/mol. The van der Waals surface area contributed by atoms with Crippen LogP contribution in [0.5, 0.6) is 0 Å². The minimum Gasteiger partial charge on any atom is -0.361 e. The van der Waals surface area contributed by atoms with Crippen molar-refractivity contribution < 1.29 is 9.59 Å². The van der Waals surface area contributed by atoms with Crippen molar-refractivity contribution >= 4 is 11.8 Å². The molecule has 0 bridgehead atoms. The molecule has 2 rings (SSSR count). The summed E-state index contributed by atoms with van der Waals surface area (Å²) < 4.78 is 1.74. The summed E-state index contributed by atoms with van der Waals surface area (Å²) in [5.41, 5.74) is 6.05. The molecule has 0 saturated carbocycles. The van der Waals surface area contributed by atoms with Crippen LogP contribution in [-0.2, 0) is 16.6 Å². The van der Waals surface area contributed by atoms with E-state index >= 15 is 0 Å². The standard InChI is InChI=1S/C12H18N4O2/c1-8-3-4-10(9-5-6-14-15(9)2)16(7-8)12(18)11(13)17/h5-6,8,10H,3-4,7H2,1-2H3,(H2,13,17). The average molecular weight is 250 g/mol. The molecule has 98 valence electrons. The second kappa shape index (κ2) is 4.80. The number of nitrogens with zero attached hydrogens (tertiary/aromatic N) is 3. The molecule has 18 heavy (non-hydrogen) atoms. The van der Waals surface area contributed by atoms with E-state index in [1.807, 2.05) is 13.1 Å². The van der Waals surface area contributed by atoms with Gasteiger partial charge in [-0.05, 0) is 24.8 Å². The Bertz CT molecular complexity index is 468. The third-order valence-electron chi connectivity index (χ3n) is 3.49. The molecule has 0 radical (unpaired) electrons. The maximum atomic E-state index is 11.9. The molecule has 1 aromatic rings. The van der Waals surface area contributed by atoms with E-state index in [1.54, 1.807) is 15.8 Å². The van der Waals surface area contributed by atoms with Gasteiger partial charge < -0.3 is 10.6 Å². The van der Waals surface area contributed by atoms with E-state index < -0.39 is 11.8 Å². The Morgan fingerprint density at radius 3 is 2.72 bits per heavy atom. The topological polar surface area (TPSA) is 81.2 Å². The van der Waals surface area contributed by atoms with Crippen LogP contribution >= 0.6 is 0 Å². The number of carbonyl (C=O) groups is 2. The van der Waals surface area contributed by atoms with Crippen LogP contribution in [0.1, 0.15) is 31.5 Å². The maximum Gasteiger partial charge on any atom is 0.312 e. The lowest BCUT2D eigenvalue weighted by Gasteiger charge is -2.37. The van der Waals surface area contributed by atoms with Gasteiger partial charge in [-0.15, -0.1) is 0 Å². The number of aryl methyl sites for hydroxylation is 1. The van der Waals surface area contributed by atoms with E-state index in [0.717, 1.165) is 18.5 Å². The number of primary amides is 1. The van der Waals surface area contributed by atoms with Crippen LogP contribution in [0.2, 0.25) is 0 Å². The fourth-order valence-electron chi connectivity index (χ4n) is 2.54. The highest BCUT2D eigenvalue weighted by atomic mass is 16.2. The lowest BCUT2D eigenvalue weighted by Crippen LogP contribution is -2.47. The average Bonchev–Trinajstić information content (AvgIpc) is 2.74. The molecule has 1 saturated heterocycles. The predicted octanol–water partition coefficient (Wildman–Crippen LogP) is 0.205. The lowest BCUT2D eigenvalue weighted by atomic mass is 9.92. The van der Waals surface area contributed by atoms with Gasteiger partial charge in [-0.3, -0.25) is 14.3 Å². The van der Waals surface area contributed by atoms with E-state index in [-0.39, 0.29) is 6.04 Å². The van der Waals surface area contributed by atoms with E-state index in [2.05, 4.69) is 12.0 Å². The number of piperidine rings is 1. The fraction of sp³-hybridized carbons (Fsp3) is 0.583. The Labute approximate surface area is 106 Å². The van der Waals surface area contributed by atoms with Gasteiger partial charge in [0.1, 0.15) is 0 Å². The van der Waals surface area contributed by atoms with Crippen molar-refractivity contribution in [3.63, 3.8) is 0 Å². The van der Waals surface area contributed by atoms with Gasteiger partial charge in [0.25, 0.3) is 0 Å². The SMILES string of the molecule is CC1CCC(c2ccnn2C)N(C(=O)C(N)=O)C1. The van der Waals surface area contributed by atoms with Crippen LogP contribution in [-0.4, -0.2) is 33.0 Å². The van der Waals surface area contributed by atoms with Gasteiger partial charge >= 0.3 is 11.8 Å². The zero-order valence-electron chi connectivity index (χ0n) is 10.7. The Kier molecular flexibility index (Phi) is 3.36. The summed E-state index contributed by atoms with van der Waals surface area (Å²) in [5.74, 6) is -1.11. The van der Waals surface area contributed by atoms with Crippen LogP contribution in [0.4, 0.5) is 0 Å². The minimum absolute atomic E-state index is 0.103. The molecule has 2 atom stereocenters. The van der Waals surface area contributed by atoms with Crippen LogP contribution in [0, 0.1) is 5.92 Å². The number of rotatable bonds is 1. The highest BCUT2D eigenvalue weighted by molar-refractivity contribution is 6.34. The van der Waals surface area contributed by atoms with Crippen molar-refractivity contribution in [2.24, 2.45) is 18.7 Å². The zero-order chi connectivity index (χ0) is 13.3. The van der Waals surface area contributed by atoms with Crippen LogP contribution < -0.4 is 5.73 Å². The van der Waals surface area contributed by atoms with Gasteiger partial charge in [0.15, 0.2) is 0 Å². The number of nitrogens with two attached hydrogens (primary N) is 1. The highest BCUT2D eigenvalue weighted by Crippen LogP contribution is 2.32. The summed E-state index contributed by atoms with van der Waals surface area (Å²) in [4.78, 5) is 24.6. The fourth-order valence-corrected chi connectivity index (χ4v) is 2.54. The lowest BCUT2D eigenvalue weighted by molar-refractivity contribution is -0.147. The van der Waals surface area contributed by atoms with Crippen LogP contribution in [0.15, 0.2) is 12.3 Å². The third kappa shape index (κ3) is 2.23. The van der Waals surface area contributed by atoms with Gasteiger partial charge in [-0.2, -0.15) is 5.10 Å². The first-order valence-corrected chi connectivity index (χ1v) is 6.09. The molecule has 1 aromatic heterocycles. The molecule has 1 fully saturated rings. The third-order valence-corrected chi connectivity index (χ3v) is 3.49. The van der Waals surface area contributed by atoms with Crippen molar-refractivity contribution in [1.82, 2.24) is 14.7 Å². The molecule has 2 amide bonds. The van der Waals surface area contributed by atoms with Gasteiger partial charge in [0.2, 0.25) is 0 Å². The van der Waals surface area contributed by atoms with Crippen molar-refractivity contribution in [3.8, 4) is 0 Å². The summed E-state index contributed by atoms with van der Waals surface area (Å²) in [6.07, 6.45) is 3.55. The zero-order valence-corrected chi connectivity index (χ0v) is 10.7. The monoisotopic (exact) mass is 250 g/mol. The van der Waals surface area contributed by atoms with Gasteiger partial charge in [-0.25, -0.2) is 0 Å². The first kappa shape index (κ1) is 12.6. The van der Waals surface area contributed by atoms with Crippen LogP contribution in [0.3, 0.4) is 0 Å². The Morgan fingerprint density at radius 1 is 1.44 bits per heavy atom. The summed E-state index contributed by atoms with van der Waals surface area (Å²) in [7, 11) is 1.83. The summed E-state index contributed by atoms with van der Waals surface area (Å²) in [6, 6.07) is 1.77. The second-order valence-corrected chi connectivity index (χ2v) is 4.90. The molecular formula is C12H18N4O2. The summed E-state index contributed by atoms with van der Waals surface area (Å²) in [5, 5.41) is 4.11. The number of likely N-dealkylation sites (tertiary alicyclic amines) is 1. The number of aromatic nitrogens is 2. The van der Waals surface area contributed by atoms with Crippen molar-refractivity contribution in [1.29, 1.82) is 0 Å². The molecular weight excluding hydrogens is 232 g/mol. The number of amides is 2. The number of carbonyl (C=O) groups excluding carboxylic acids is 2. The Hall–Kier alpha value is -1.85. The first-order chi connectivity index (χ1) is 8.50. The smallest absolute Gasteiger partial charge is 0.312 e. The van der Waals surface area contributed by atoms with E-state index in [1.165, 1.54) is 0 Å². The second-order valence-electron chi connectivity index (χ2n) is 4.90.